The van der Waals surface area contributed by atoms with Crippen molar-refractivity contribution in [2.45, 2.75) is 18.0 Å². The summed E-state index contributed by atoms with van der Waals surface area (Å²) in [5.41, 5.74) is 0.641. The fraction of sp³-hybridized carbons (Fsp3) is 0.375. The molecule has 3 heterocycles. The minimum atomic E-state index is -4.34. The van der Waals surface area contributed by atoms with Gasteiger partial charge in [-0.1, -0.05) is 6.92 Å². The molecule has 0 aromatic carbocycles. The summed E-state index contributed by atoms with van der Waals surface area (Å²) in [7, 11) is 3.47. The van der Waals surface area contributed by atoms with Gasteiger partial charge in [-0.15, -0.1) is 11.8 Å². The first-order valence-electron chi connectivity index (χ1n) is 7.45. The van der Waals surface area contributed by atoms with Crippen molar-refractivity contribution >= 4 is 23.7 Å². The Morgan fingerprint density at radius 1 is 1.29 bits per heavy atom. The topological polar surface area (TPSA) is 34.0 Å². The van der Waals surface area contributed by atoms with Crippen molar-refractivity contribution in [3.05, 3.63) is 29.7 Å². The SMILES string of the molecule is CCSc1cnccc1-c1nc2c(n1C)N(C)CC(C(F)(F)F)=C2. The second-order valence-electron chi connectivity index (χ2n) is 5.53. The van der Waals surface area contributed by atoms with E-state index in [-0.39, 0.29) is 6.54 Å². The van der Waals surface area contributed by atoms with E-state index in [4.69, 9.17) is 0 Å². The average Bonchev–Trinajstić information content (AvgIpc) is 2.85. The molecule has 24 heavy (non-hydrogen) atoms. The van der Waals surface area contributed by atoms with E-state index in [1.807, 2.05) is 24.6 Å². The Bertz CT molecular complexity index is 795. The average molecular weight is 354 g/mol. The highest BCUT2D eigenvalue weighted by atomic mass is 32.2. The molecule has 128 valence electrons. The number of halogens is 3. The smallest absolute Gasteiger partial charge is 0.355 e. The van der Waals surface area contributed by atoms with Gasteiger partial charge in [0.05, 0.1) is 5.57 Å². The summed E-state index contributed by atoms with van der Waals surface area (Å²) in [6, 6.07) is 1.85. The van der Waals surface area contributed by atoms with E-state index >= 15 is 0 Å². The Morgan fingerprint density at radius 2 is 2.04 bits per heavy atom. The Hall–Kier alpha value is -1.96. The number of pyridine rings is 1. The summed E-state index contributed by atoms with van der Waals surface area (Å²) >= 11 is 1.63. The lowest BCUT2D eigenvalue weighted by molar-refractivity contribution is -0.0914. The molecule has 8 heteroatoms. The molecule has 0 bridgehead atoms. The van der Waals surface area contributed by atoms with Gasteiger partial charge in [0, 0.05) is 43.5 Å². The predicted octanol–water partition coefficient (Wildman–Crippen LogP) is 3.99. The first-order chi connectivity index (χ1) is 11.3. The lowest BCUT2D eigenvalue weighted by atomic mass is 10.1. The summed E-state index contributed by atoms with van der Waals surface area (Å²) in [4.78, 5) is 11.2. The molecular formula is C16H17F3N4S. The van der Waals surface area contributed by atoms with Crippen molar-refractivity contribution in [1.29, 1.82) is 0 Å². The minimum absolute atomic E-state index is 0.178. The maximum Gasteiger partial charge on any atom is 0.414 e. The number of alkyl halides is 3. The highest BCUT2D eigenvalue weighted by Crippen LogP contribution is 2.38. The number of thioether (sulfide) groups is 1. The van der Waals surface area contributed by atoms with Crippen molar-refractivity contribution in [1.82, 2.24) is 14.5 Å². The highest BCUT2D eigenvalue weighted by Gasteiger charge is 2.38. The summed E-state index contributed by atoms with van der Waals surface area (Å²) in [6.07, 6.45) is 0.234. The quantitative estimate of drug-likeness (QED) is 0.781. The van der Waals surface area contributed by atoms with Crippen LogP contribution >= 0.6 is 11.8 Å². The van der Waals surface area contributed by atoms with Crippen LogP contribution in [-0.4, -0.2) is 40.1 Å². The van der Waals surface area contributed by atoms with Crippen molar-refractivity contribution in [2.24, 2.45) is 7.05 Å². The number of fused-ring (bicyclic) bond motifs is 1. The van der Waals surface area contributed by atoms with Gasteiger partial charge >= 0.3 is 6.18 Å². The molecule has 0 amide bonds. The number of nitrogens with zero attached hydrogens (tertiary/aromatic N) is 4. The Balaban J connectivity index is 2.14. The third-order valence-electron chi connectivity index (χ3n) is 3.86. The molecule has 0 aliphatic carbocycles. The van der Waals surface area contributed by atoms with Crippen LogP contribution in [0.15, 0.2) is 28.9 Å². The summed E-state index contributed by atoms with van der Waals surface area (Å²) in [5, 5.41) is 0. The van der Waals surface area contributed by atoms with Gasteiger partial charge in [0.2, 0.25) is 0 Å². The summed E-state index contributed by atoms with van der Waals surface area (Å²) in [5.74, 6) is 2.20. The third kappa shape index (κ3) is 2.90. The normalized spacial score (nSPS) is 14.6. The Morgan fingerprint density at radius 3 is 2.71 bits per heavy atom. The first kappa shape index (κ1) is 16.9. The Kier molecular flexibility index (Phi) is 4.33. The molecule has 0 atom stereocenters. The lowest BCUT2D eigenvalue weighted by Gasteiger charge is -2.26. The van der Waals surface area contributed by atoms with E-state index in [2.05, 4.69) is 9.97 Å². The van der Waals surface area contributed by atoms with E-state index < -0.39 is 11.7 Å². The van der Waals surface area contributed by atoms with E-state index in [0.717, 1.165) is 22.3 Å². The summed E-state index contributed by atoms with van der Waals surface area (Å²) in [6.45, 7) is 1.86. The number of imidazole rings is 1. The molecule has 0 saturated heterocycles. The maximum absolute atomic E-state index is 13.1. The van der Waals surface area contributed by atoms with Gasteiger partial charge < -0.3 is 9.47 Å². The second-order valence-corrected chi connectivity index (χ2v) is 6.84. The zero-order valence-corrected chi connectivity index (χ0v) is 14.4. The fourth-order valence-electron chi connectivity index (χ4n) is 2.85. The van der Waals surface area contributed by atoms with Crippen molar-refractivity contribution in [3.8, 4) is 11.4 Å². The van der Waals surface area contributed by atoms with Crippen molar-refractivity contribution in [2.75, 3.05) is 24.2 Å². The maximum atomic E-state index is 13.1. The number of anilines is 1. The van der Waals surface area contributed by atoms with E-state index in [1.165, 1.54) is 0 Å². The molecule has 0 radical (unpaired) electrons. The lowest BCUT2D eigenvalue weighted by Crippen LogP contribution is -2.31. The molecule has 3 rings (SSSR count). The van der Waals surface area contributed by atoms with Crippen molar-refractivity contribution < 1.29 is 13.2 Å². The van der Waals surface area contributed by atoms with Gasteiger partial charge in [-0.25, -0.2) is 4.98 Å². The second kappa shape index (κ2) is 6.16. The first-order valence-corrected chi connectivity index (χ1v) is 8.44. The number of hydrogen-bond donors (Lipinski definition) is 0. The van der Waals surface area contributed by atoms with E-state index in [9.17, 15) is 13.2 Å². The molecule has 2 aromatic heterocycles. The van der Waals surface area contributed by atoms with Gasteiger partial charge in [0.1, 0.15) is 17.3 Å². The van der Waals surface area contributed by atoms with Crippen LogP contribution in [0.25, 0.3) is 17.5 Å². The monoisotopic (exact) mass is 354 g/mol. The van der Waals surface area contributed by atoms with Crippen LogP contribution in [0.5, 0.6) is 0 Å². The summed E-state index contributed by atoms with van der Waals surface area (Å²) < 4.78 is 41.0. The number of likely N-dealkylation sites (N-methyl/N-ethyl adjacent to an activating group) is 1. The molecule has 0 N–H and O–H groups in total. The van der Waals surface area contributed by atoms with Crippen LogP contribution in [-0.2, 0) is 7.05 Å². The zero-order chi connectivity index (χ0) is 17.5. The molecule has 0 spiro atoms. The predicted molar refractivity (Wildman–Crippen MR) is 90.1 cm³/mol. The molecular weight excluding hydrogens is 337 g/mol. The number of aromatic nitrogens is 3. The van der Waals surface area contributed by atoms with Crippen LogP contribution in [0.1, 0.15) is 12.6 Å². The fourth-order valence-corrected chi connectivity index (χ4v) is 3.61. The minimum Gasteiger partial charge on any atom is -0.355 e. The van der Waals surface area contributed by atoms with Gasteiger partial charge in [0.25, 0.3) is 0 Å². The molecule has 4 nitrogen and oxygen atoms in total. The van der Waals surface area contributed by atoms with Gasteiger partial charge in [-0.05, 0) is 17.9 Å². The van der Waals surface area contributed by atoms with Crippen LogP contribution < -0.4 is 4.90 Å². The largest absolute Gasteiger partial charge is 0.414 e. The van der Waals surface area contributed by atoms with Crippen LogP contribution in [0, 0.1) is 0 Å². The zero-order valence-electron chi connectivity index (χ0n) is 13.6. The van der Waals surface area contributed by atoms with Gasteiger partial charge in [0.15, 0.2) is 0 Å². The van der Waals surface area contributed by atoms with Gasteiger partial charge in [-0.2, -0.15) is 13.2 Å². The molecule has 2 aromatic rings. The standard InChI is InChI=1S/C16H17F3N4S/c1-4-24-13-8-20-6-5-11(13)14-21-12-7-10(16(17,18)19)9-22(2)15(12)23(14)3/h5-8H,4,9H2,1-3H3. The van der Waals surface area contributed by atoms with Gasteiger partial charge in [-0.3, -0.25) is 4.98 Å². The van der Waals surface area contributed by atoms with Crippen LogP contribution in [0.4, 0.5) is 19.0 Å². The number of hydrogen-bond acceptors (Lipinski definition) is 4. The molecule has 0 fully saturated rings. The van der Waals surface area contributed by atoms with E-state index in [1.54, 1.807) is 36.1 Å². The molecule has 0 saturated carbocycles. The highest BCUT2D eigenvalue weighted by molar-refractivity contribution is 7.99. The number of rotatable bonds is 3. The third-order valence-corrected chi connectivity index (χ3v) is 4.79. The van der Waals surface area contributed by atoms with Crippen LogP contribution in [0.2, 0.25) is 0 Å². The van der Waals surface area contributed by atoms with Crippen LogP contribution in [0.3, 0.4) is 0 Å². The van der Waals surface area contributed by atoms with E-state index in [0.29, 0.717) is 17.3 Å². The Labute approximate surface area is 142 Å². The molecule has 1 aliphatic rings. The van der Waals surface area contributed by atoms with Crippen molar-refractivity contribution in [3.63, 3.8) is 0 Å². The molecule has 1 aliphatic heterocycles. The molecule has 0 unspecified atom stereocenters.